The summed E-state index contributed by atoms with van der Waals surface area (Å²) in [5, 5.41) is 5.66. The molecular formula is C31H44F4N6O3. The first-order valence-corrected chi connectivity index (χ1v) is 14.8. The number of hydrogen-bond donors (Lipinski definition) is 2. The maximum Gasteiger partial charge on any atom is 0.419 e. The zero-order valence-corrected chi connectivity index (χ0v) is 25.1. The molecule has 1 saturated heterocycles. The van der Waals surface area contributed by atoms with Gasteiger partial charge in [-0.3, -0.25) is 9.59 Å². The van der Waals surface area contributed by atoms with Crippen molar-refractivity contribution in [1.29, 1.82) is 0 Å². The van der Waals surface area contributed by atoms with Gasteiger partial charge in [0.15, 0.2) is 0 Å². The molecule has 2 aromatic rings. The maximum absolute atomic E-state index is 15.2. The quantitative estimate of drug-likeness (QED) is 0.340. The second kappa shape index (κ2) is 15.0. The molecule has 0 unspecified atom stereocenters. The van der Waals surface area contributed by atoms with Crippen molar-refractivity contribution in [3.8, 4) is 5.75 Å². The molecule has 13 heteroatoms. The number of carbonyl (C=O) groups is 2. The van der Waals surface area contributed by atoms with Crippen molar-refractivity contribution in [3.05, 3.63) is 41.0 Å². The average Bonchev–Trinajstić information content (AvgIpc) is 2.97. The molecule has 1 saturated carbocycles. The Labute approximate surface area is 256 Å². The van der Waals surface area contributed by atoms with E-state index in [1.165, 1.54) is 20.1 Å². The second-order valence-electron chi connectivity index (χ2n) is 11.3. The van der Waals surface area contributed by atoms with E-state index in [9.17, 15) is 22.8 Å². The van der Waals surface area contributed by atoms with Gasteiger partial charge in [-0.2, -0.15) is 13.2 Å². The SMILES string of the molecule is C.CCN1CCC(NC(=O)c2cc(OC)c(Nc3ncc(C(F)(F)F)c(C[C@@H]4CCCC[C@H]4N(C)C(C)=O)n3)cc2F)CC1. The highest BCUT2D eigenvalue weighted by Gasteiger charge is 2.38. The van der Waals surface area contributed by atoms with Crippen molar-refractivity contribution < 1.29 is 31.9 Å². The monoisotopic (exact) mass is 624 g/mol. The van der Waals surface area contributed by atoms with Gasteiger partial charge in [-0.1, -0.05) is 27.2 Å². The predicted octanol–water partition coefficient (Wildman–Crippen LogP) is 5.82. The molecule has 2 N–H and O–H groups in total. The summed E-state index contributed by atoms with van der Waals surface area (Å²) < 4.78 is 62.5. The number of benzene rings is 1. The van der Waals surface area contributed by atoms with Crippen LogP contribution in [0, 0.1) is 11.7 Å². The zero-order chi connectivity index (χ0) is 31.3. The highest BCUT2D eigenvalue weighted by molar-refractivity contribution is 5.96. The number of aromatic nitrogens is 2. The lowest BCUT2D eigenvalue weighted by Crippen LogP contribution is -2.44. The first-order chi connectivity index (χ1) is 20.4. The highest BCUT2D eigenvalue weighted by atomic mass is 19.4. The number of nitrogens with zero attached hydrogens (tertiary/aromatic N) is 4. The Kier molecular flexibility index (Phi) is 11.9. The molecule has 1 aliphatic carbocycles. The molecule has 1 aromatic carbocycles. The highest BCUT2D eigenvalue weighted by Crippen LogP contribution is 2.37. The molecule has 2 fully saturated rings. The van der Waals surface area contributed by atoms with Crippen LogP contribution in [0.1, 0.15) is 81.4 Å². The van der Waals surface area contributed by atoms with E-state index in [2.05, 4.69) is 32.4 Å². The van der Waals surface area contributed by atoms with Crippen molar-refractivity contribution in [3.63, 3.8) is 0 Å². The summed E-state index contributed by atoms with van der Waals surface area (Å²) in [4.78, 5) is 36.9. The van der Waals surface area contributed by atoms with E-state index >= 15 is 4.39 Å². The number of halogens is 4. The van der Waals surface area contributed by atoms with Crippen molar-refractivity contribution in [2.75, 3.05) is 39.1 Å². The standard InChI is InChI=1S/C30H40F4N6O3.CH4/c1-5-40-12-10-20(11-13-40)36-28(42)21-15-27(43-4)25(16-23(21)31)38-29-35-17-22(30(32,33)34)24(37-29)14-19-8-6-7-9-26(19)39(3)18(2)41;/h15-17,19-20,26H,5-14H2,1-4H3,(H,36,42)(H,35,37,38);1H4/t19-,26+;/m0./s1. The number of hydrogen-bond acceptors (Lipinski definition) is 7. The fourth-order valence-corrected chi connectivity index (χ4v) is 6.06. The Bertz CT molecular complexity index is 1300. The minimum atomic E-state index is -4.68. The molecule has 2 atom stereocenters. The van der Waals surface area contributed by atoms with Crippen molar-refractivity contribution in [1.82, 2.24) is 25.1 Å². The van der Waals surface area contributed by atoms with Gasteiger partial charge in [-0.05, 0) is 50.6 Å². The fourth-order valence-electron chi connectivity index (χ4n) is 6.06. The lowest BCUT2D eigenvalue weighted by Gasteiger charge is -2.37. The predicted molar refractivity (Wildman–Crippen MR) is 160 cm³/mol. The summed E-state index contributed by atoms with van der Waals surface area (Å²) in [6.07, 6.45) is 0.645. The van der Waals surface area contributed by atoms with Crippen LogP contribution in [0.4, 0.5) is 29.2 Å². The van der Waals surface area contributed by atoms with Gasteiger partial charge in [0.1, 0.15) is 11.6 Å². The summed E-state index contributed by atoms with van der Waals surface area (Å²) in [7, 11) is 3.01. The molecule has 2 aliphatic rings. The molecule has 0 bridgehead atoms. The molecule has 9 nitrogen and oxygen atoms in total. The lowest BCUT2D eigenvalue weighted by atomic mass is 9.80. The van der Waals surface area contributed by atoms with Crippen LogP contribution in [0.5, 0.6) is 5.75 Å². The van der Waals surface area contributed by atoms with Gasteiger partial charge in [-0.15, -0.1) is 0 Å². The van der Waals surface area contributed by atoms with E-state index < -0.39 is 23.5 Å². The Morgan fingerprint density at radius 3 is 2.43 bits per heavy atom. The number of carbonyl (C=O) groups excluding carboxylic acids is 2. The van der Waals surface area contributed by atoms with Gasteiger partial charge in [0.05, 0.1) is 29.6 Å². The fraction of sp³-hybridized carbons (Fsp3) is 0.613. The van der Waals surface area contributed by atoms with Crippen LogP contribution in [-0.4, -0.2) is 77.5 Å². The lowest BCUT2D eigenvalue weighted by molar-refractivity contribution is -0.139. The van der Waals surface area contributed by atoms with Crippen LogP contribution >= 0.6 is 0 Å². The molecule has 4 rings (SSSR count). The normalized spacial score (nSPS) is 19.5. The number of rotatable bonds is 9. The largest absolute Gasteiger partial charge is 0.495 e. The van der Waals surface area contributed by atoms with Crippen LogP contribution in [0.25, 0.3) is 0 Å². The van der Waals surface area contributed by atoms with Crippen LogP contribution in [0.3, 0.4) is 0 Å². The summed E-state index contributed by atoms with van der Waals surface area (Å²) >= 11 is 0. The Morgan fingerprint density at radius 2 is 1.82 bits per heavy atom. The van der Waals surface area contributed by atoms with E-state index in [0.717, 1.165) is 51.4 Å². The number of amides is 2. The topological polar surface area (TPSA) is 99.7 Å². The zero-order valence-electron chi connectivity index (χ0n) is 25.1. The smallest absolute Gasteiger partial charge is 0.419 e. The van der Waals surface area contributed by atoms with Gasteiger partial charge in [-0.25, -0.2) is 14.4 Å². The Morgan fingerprint density at radius 1 is 1.14 bits per heavy atom. The van der Waals surface area contributed by atoms with Crippen molar-refractivity contribution in [2.24, 2.45) is 5.92 Å². The summed E-state index contributed by atoms with van der Waals surface area (Å²) in [6.45, 7) is 6.15. The van der Waals surface area contributed by atoms with Crippen LogP contribution in [-0.2, 0) is 17.4 Å². The number of likely N-dealkylation sites (tertiary alicyclic amines) is 1. The Balaban J connectivity index is 0.00000529. The number of methoxy groups -OCH3 is 1. The van der Waals surface area contributed by atoms with Crippen LogP contribution in [0.2, 0.25) is 0 Å². The molecule has 0 radical (unpaired) electrons. The first kappa shape index (κ1) is 35.0. The molecule has 0 spiro atoms. The van der Waals surface area contributed by atoms with E-state index in [1.807, 2.05) is 0 Å². The number of nitrogens with one attached hydrogen (secondary N) is 2. The van der Waals surface area contributed by atoms with Gasteiger partial charge in [0, 0.05) is 51.4 Å². The third-order valence-electron chi connectivity index (χ3n) is 8.64. The van der Waals surface area contributed by atoms with E-state index in [0.29, 0.717) is 19.0 Å². The van der Waals surface area contributed by atoms with Gasteiger partial charge in [0.25, 0.3) is 5.91 Å². The third-order valence-corrected chi connectivity index (χ3v) is 8.64. The van der Waals surface area contributed by atoms with E-state index in [-0.39, 0.29) is 66.4 Å². The molecule has 1 aliphatic heterocycles. The maximum atomic E-state index is 15.2. The minimum Gasteiger partial charge on any atom is -0.495 e. The van der Waals surface area contributed by atoms with E-state index in [4.69, 9.17) is 4.74 Å². The van der Waals surface area contributed by atoms with Gasteiger partial charge < -0.3 is 25.2 Å². The van der Waals surface area contributed by atoms with Gasteiger partial charge in [0.2, 0.25) is 11.9 Å². The number of alkyl halides is 3. The van der Waals surface area contributed by atoms with Crippen LogP contribution in [0.15, 0.2) is 18.3 Å². The molecule has 2 heterocycles. The summed E-state index contributed by atoms with van der Waals surface area (Å²) in [5.41, 5.74) is -1.30. The summed E-state index contributed by atoms with van der Waals surface area (Å²) in [6, 6.07) is 2.03. The molecule has 44 heavy (non-hydrogen) atoms. The van der Waals surface area contributed by atoms with E-state index in [1.54, 1.807) is 11.9 Å². The number of anilines is 2. The molecular weight excluding hydrogens is 580 g/mol. The van der Waals surface area contributed by atoms with Gasteiger partial charge >= 0.3 is 6.18 Å². The second-order valence-corrected chi connectivity index (χ2v) is 11.3. The Hall–Kier alpha value is -3.48. The van der Waals surface area contributed by atoms with Crippen molar-refractivity contribution in [2.45, 2.75) is 84.5 Å². The molecule has 2 amide bonds. The molecule has 244 valence electrons. The molecule has 1 aromatic heterocycles. The average molecular weight is 625 g/mol. The summed E-state index contributed by atoms with van der Waals surface area (Å²) in [5.74, 6) is -1.82. The number of ether oxygens (including phenoxy) is 1. The van der Waals surface area contributed by atoms with Crippen LogP contribution < -0.4 is 15.4 Å². The minimum absolute atomic E-state index is 0. The third kappa shape index (κ3) is 8.36. The van der Waals surface area contributed by atoms with Crippen molar-refractivity contribution >= 4 is 23.5 Å². The first-order valence-electron chi connectivity index (χ1n) is 14.8. The number of piperidine rings is 1.